The Morgan fingerprint density at radius 2 is 1.88 bits per heavy atom. The molecule has 0 saturated carbocycles. The lowest BCUT2D eigenvalue weighted by atomic mass is 10.1. The summed E-state index contributed by atoms with van der Waals surface area (Å²) in [5, 5.41) is 25.3. The molecule has 5 N–H and O–H groups in total. The Kier molecular flexibility index (Phi) is 6.70. The van der Waals surface area contributed by atoms with Crippen molar-refractivity contribution in [2.45, 2.75) is 37.3 Å². The Bertz CT molecular complexity index is 1090. The molecule has 2 aromatic heterocycles. The molecule has 2 aliphatic rings. The van der Waals surface area contributed by atoms with Gasteiger partial charge in [-0.05, 0) is 12.8 Å². The Morgan fingerprint density at radius 1 is 1.19 bits per heavy atom. The van der Waals surface area contributed by atoms with Gasteiger partial charge in [0.1, 0.15) is 29.9 Å². The van der Waals surface area contributed by atoms with Crippen LogP contribution in [0, 0.1) is 0 Å². The fourth-order valence-electron chi connectivity index (χ4n) is 3.92. The highest BCUT2D eigenvalue weighted by atomic mass is 35.5. The second kappa shape index (κ2) is 8.92. The quantitative estimate of drug-likeness (QED) is 0.323. The Hall–Kier alpha value is -1.11. The van der Waals surface area contributed by atoms with Crippen LogP contribution in [0.4, 0.5) is 5.69 Å². The van der Waals surface area contributed by atoms with Crippen molar-refractivity contribution in [1.29, 1.82) is 0 Å². The molecule has 0 bridgehead atoms. The molecule has 2 saturated heterocycles. The van der Waals surface area contributed by atoms with E-state index in [1.807, 2.05) is 0 Å². The summed E-state index contributed by atoms with van der Waals surface area (Å²) in [5.41, 5.74) is 1.46. The summed E-state index contributed by atoms with van der Waals surface area (Å²) in [5.74, 6) is -1.21. The van der Waals surface area contributed by atoms with E-state index in [0.717, 1.165) is 31.6 Å². The number of nitrogens with zero attached hydrogens (tertiary/aromatic N) is 4. The predicted octanol–water partition coefficient (Wildman–Crippen LogP) is 0.482. The minimum Gasteiger partial charge on any atom is -0.387 e. The molecule has 1 unspecified atom stereocenters. The second-order valence-corrected chi connectivity index (χ2v) is 12.2. The maximum Gasteiger partial charge on any atom is 0.340 e. The van der Waals surface area contributed by atoms with Crippen molar-refractivity contribution in [3.8, 4) is 0 Å². The lowest BCUT2D eigenvalue weighted by molar-refractivity contribution is -0.0217. The molecule has 178 valence electrons. The lowest BCUT2D eigenvalue weighted by Gasteiger charge is -2.19. The summed E-state index contributed by atoms with van der Waals surface area (Å²) >= 11 is 6.20. The number of halogens is 1. The Balaban J connectivity index is 1.55. The summed E-state index contributed by atoms with van der Waals surface area (Å²) in [6.45, 7) is 1.03. The third-order valence-electron chi connectivity index (χ3n) is 5.35. The first-order valence-corrected chi connectivity index (χ1v) is 13.7. The number of fused-ring (bicyclic) bond motifs is 1. The van der Waals surface area contributed by atoms with Crippen molar-refractivity contribution < 1.29 is 43.3 Å². The highest BCUT2D eigenvalue weighted by Gasteiger charge is 2.46. The maximum absolute atomic E-state index is 11.9. The van der Waals surface area contributed by atoms with Gasteiger partial charge in [0.2, 0.25) is 0 Å². The van der Waals surface area contributed by atoms with Gasteiger partial charge in [-0.25, -0.2) is 9.50 Å². The van der Waals surface area contributed by atoms with Gasteiger partial charge in [-0.15, -0.1) is 0 Å². The normalized spacial score (nSPS) is 28.5. The standard InChI is InChI=1S/C16H23ClN4O9P2/c17-12-5-9(20-3-1-2-4-20)10-6-18-16(21(10)19-12)15-14(23)13(22)11(30-15)7-29-32(27,28)8-31(24,25)26/h5-6,11,13-15,22-23H,1-4,7-8H2,(H,27,28)(H2,24,25,26)/t11-,13-,14-,15-/m1/s1. The SMILES string of the molecule is O=P(O)(O)CP(=O)(O)OC[C@H]1O[C@@H](c2ncc3c(N4CCCC4)cc(Cl)nn23)[C@H](O)[C@@H]1O. The first-order valence-electron chi connectivity index (χ1n) is 9.77. The van der Waals surface area contributed by atoms with Crippen LogP contribution < -0.4 is 4.90 Å². The van der Waals surface area contributed by atoms with E-state index in [0.29, 0.717) is 5.52 Å². The van der Waals surface area contributed by atoms with Crippen molar-refractivity contribution in [3.05, 3.63) is 23.2 Å². The number of ether oxygens (including phenoxy) is 1. The highest BCUT2D eigenvalue weighted by Crippen LogP contribution is 2.55. The van der Waals surface area contributed by atoms with Gasteiger partial charge in [-0.1, -0.05) is 11.6 Å². The number of aromatic nitrogens is 3. The fourth-order valence-corrected chi connectivity index (χ4v) is 6.67. The molecule has 2 aromatic rings. The van der Waals surface area contributed by atoms with E-state index in [-0.39, 0.29) is 11.0 Å². The van der Waals surface area contributed by atoms with E-state index in [4.69, 9.17) is 30.6 Å². The molecule has 0 aliphatic carbocycles. The summed E-state index contributed by atoms with van der Waals surface area (Å²) in [4.78, 5) is 33.8. The molecule has 0 radical (unpaired) electrons. The zero-order valence-corrected chi connectivity index (χ0v) is 19.2. The third-order valence-corrected chi connectivity index (χ3v) is 8.99. The number of hydrogen-bond acceptors (Lipinski definition) is 9. The lowest BCUT2D eigenvalue weighted by Crippen LogP contribution is -2.33. The van der Waals surface area contributed by atoms with Crippen LogP contribution in [0.5, 0.6) is 0 Å². The van der Waals surface area contributed by atoms with Crippen molar-refractivity contribution in [2.75, 3.05) is 30.5 Å². The molecule has 4 heterocycles. The first-order chi connectivity index (χ1) is 15.0. The number of rotatable bonds is 7. The van der Waals surface area contributed by atoms with Crippen LogP contribution in [-0.2, 0) is 18.4 Å². The zero-order valence-electron chi connectivity index (χ0n) is 16.6. The third kappa shape index (κ3) is 5.02. The molecule has 0 spiro atoms. The summed E-state index contributed by atoms with van der Waals surface area (Å²) in [6.07, 6.45) is -1.75. The monoisotopic (exact) mass is 512 g/mol. The van der Waals surface area contributed by atoms with Crippen molar-refractivity contribution >= 4 is 38.0 Å². The minimum absolute atomic E-state index is 0.166. The largest absolute Gasteiger partial charge is 0.387 e. The summed E-state index contributed by atoms with van der Waals surface area (Å²) in [6, 6.07) is 1.73. The number of hydrogen-bond donors (Lipinski definition) is 5. The highest BCUT2D eigenvalue weighted by molar-refractivity contribution is 7.70. The van der Waals surface area contributed by atoms with Gasteiger partial charge in [-0.3, -0.25) is 9.13 Å². The van der Waals surface area contributed by atoms with Gasteiger partial charge in [0.05, 0.1) is 18.5 Å². The van der Waals surface area contributed by atoms with Crippen LogP contribution in [0.25, 0.3) is 5.52 Å². The summed E-state index contributed by atoms with van der Waals surface area (Å²) in [7, 11) is -9.45. The van der Waals surface area contributed by atoms with Crippen LogP contribution in [0.3, 0.4) is 0 Å². The molecule has 13 nitrogen and oxygen atoms in total. The van der Waals surface area contributed by atoms with Crippen molar-refractivity contribution in [1.82, 2.24) is 14.6 Å². The molecule has 0 aromatic carbocycles. The van der Waals surface area contributed by atoms with E-state index in [1.54, 1.807) is 12.3 Å². The molecule has 2 aliphatic heterocycles. The van der Waals surface area contributed by atoms with Crippen LogP contribution in [0.1, 0.15) is 24.8 Å². The molecule has 4 rings (SSSR count). The van der Waals surface area contributed by atoms with Gasteiger partial charge >= 0.3 is 15.2 Å². The molecule has 2 fully saturated rings. The van der Waals surface area contributed by atoms with Gasteiger partial charge < -0.3 is 39.1 Å². The number of anilines is 1. The Morgan fingerprint density at radius 3 is 2.53 bits per heavy atom. The molecule has 32 heavy (non-hydrogen) atoms. The maximum atomic E-state index is 11.9. The van der Waals surface area contributed by atoms with Crippen molar-refractivity contribution in [2.24, 2.45) is 0 Å². The predicted molar refractivity (Wildman–Crippen MR) is 112 cm³/mol. The molecular weight excluding hydrogens is 490 g/mol. The number of aliphatic hydroxyl groups excluding tert-OH is 2. The van der Waals surface area contributed by atoms with Crippen LogP contribution >= 0.6 is 26.8 Å². The Labute approximate surface area is 187 Å². The molecule has 0 amide bonds. The average molecular weight is 513 g/mol. The fraction of sp³-hybridized carbons (Fsp3) is 0.625. The van der Waals surface area contributed by atoms with Gasteiger partial charge in [0, 0.05) is 19.2 Å². The topological polar surface area (TPSA) is 187 Å². The number of aliphatic hydroxyl groups is 2. The summed E-state index contributed by atoms with van der Waals surface area (Å²) < 4.78 is 34.6. The number of imidazole rings is 1. The molecular formula is C16H23ClN4O9P2. The van der Waals surface area contributed by atoms with E-state index >= 15 is 0 Å². The molecule has 5 atom stereocenters. The van der Waals surface area contributed by atoms with E-state index in [9.17, 15) is 24.2 Å². The van der Waals surface area contributed by atoms with Crippen LogP contribution in [0.2, 0.25) is 5.15 Å². The van der Waals surface area contributed by atoms with E-state index < -0.39 is 52.1 Å². The first kappa shape index (κ1) is 24.0. The van der Waals surface area contributed by atoms with Crippen LogP contribution in [0.15, 0.2) is 12.3 Å². The van der Waals surface area contributed by atoms with Gasteiger partial charge in [0.25, 0.3) is 0 Å². The van der Waals surface area contributed by atoms with Crippen LogP contribution in [-0.4, -0.2) is 83.4 Å². The average Bonchev–Trinajstić information content (AvgIpc) is 3.39. The molecule has 16 heteroatoms. The minimum atomic E-state index is -4.80. The van der Waals surface area contributed by atoms with Crippen molar-refractivity contribution in [3.63, 3.8) is 0 Å². The second-order valence-electron chi connectivity index (χ2n) is 7.78. The van der Waals surface area contributed by atoms with E-state index in [1.165, 1.54) is 4.52 Å². The van der Waals surface area contributed by atoms with E-state index in [2.05, 4.69) is 15.0 Å². The van der Waals surface area contributed by atoms with Gasteiger partial charge in [0.15, 0.2) is 16.9 Å². The van der Waals surface area contributed by atoms with Gasteiger partial charge in [-0.2, -0.15) is 5.10 Å². The smallest absolute Gasteiger partial charge is 0.340 e. The zero-order chi connectivity index (χ0) is 23.3.